The highest BCUT2D eigenvalue weighted by Gasteiger charge is 2.34. The van der Waals surface area contributed by atoms with Gasteiger partial charge in [0.1, 0.15) is 5.01 Å². The predicted molar refractivity (Wildman–Crippen MR) is 112 cm³/mol. The summed E-state index contributed by atoms with van der Waals surface area (Å²) in [5.74, 6) is 0.272. The number of carbonyl (C=O) groups is 1. The van der Waals surface area contributed by atoms with Crippen molar-refractivity contribution in [1.29, 1.82) is 0 Å². The van der Waals surface area contributed by atoms with Crippen molar-refractivity contribution in [2.24, 2.45) is 5.92 Å². The molecule has 0 spiro atoms. The highest BCUT2D eigenvalue weighted by atomic mass is 32.1. The Bertz CT molecular complexity index is 770. The molecule has 3 rings (SSSR count). The van der Waals surface area contributed by atoms with Gasteiger partial charge in [-0.15, -0.1) is 11.3 Å². The maximum absolute atomic E-state index is 13.1. The third-order valence-electron chi connectivity index (χ3n) is 4.95. The predicted octanol–water partition coefficient (Wildman–Crippen LogP) is 3.52. The molecule has 1 saturated heterocycles. The van der Waals surface area contributed by atoms with Crippen molar-refractivity contribution < 1.29 is 9.53 Å². The van der Waals surface area contributed by atoms with Crippen LogP contribution in [0.1, 0.15) is 45.7 Å². The maximum atomic E-state index is 13.1. The minimum Gasteiger partial charge on any atom is -0.373 e. The topological polar surface area (TPSA) is 67.4 Å². The zero-order chi connectivity index (χ0) is 20.3. The second kappa shape index (κ2) is 9.11. The van der Waals surface area contributed by atoms with Crippen LogP contribution in [0.2, 0.25) is 0 Å². The fourth-order valence-electron chi connectivity index (χ4n) is 3.83. The van der Waals surface area contributed by atoms with Crippen LogP contribution in [0.3, 0.4) is 0 Å². The Balaban J connectivity index is 1.69. The molecular weight excluding hydrogens is 372 g/mol. The van der Waals surface area contributed by atoms with Crippen LogP contribution in [0, 0.1) is 5.92 Å². The first-order valence-corrected chi connectivity index (χ1v) is 10.8. The van der Waals surface area contributed by atoms with Crippen LogP contribution < -0.4 is 5.32 Å². The van der Waals surface area contributed by atoms with Crippen LogP contribution in [0.25, 0.3) is 11.3 Å². The molecule has 0 aromatic carbocycles. The summed E-state index contributed by atoms with van der Waals surface area (Å²) < 4.78 is 5.83. The lowest BCUT2D eigenvalue weighted by molar-refractivity contribution is -0.136. The monoisotopic (exact) mass is 402 g/mol. The number of amides is 1. The van der Waals surface area contributed by atoms with E-state index in [4.69, 9.17) is 9.72 Å². The Labute approximate surface area is 171 Å². The van der Waals surface area contributed by atoms with Gasteiger partial charge in [0.15, 0.2) is 0 Å². The van der Waals surface area contributed by atoms with Crippen LogP contribution in [-0.2, 0) is 9.53 Å². The number of ether oxygens (including phenoxy) is 1. The van der Waals surface area contributed by atoms with Gasteiger partial charge in [0, 0.05) is 36.4 Å². The zero-order valence-electron chi connectivity index (χ0n) is 17.3. The van der Waals surface area contributed by atoms with Crippen molar-refractivity contribution in [3.63, 3.8) is 0 Å². The fourth-order valence-corrected chi connectivity index (χ4v) is 4.66. The van der Waals surface area contributed by atoms with E-state index >= 15 is 0 Å². The molecule has 7 heteroatoms. The molecule has 152 valence electrons. The van der Waals surface area contributed by atoms with Crippen molar-refractivity contribution in [3.05, 3.63) is 34.9 Å². The first-order chi connectivity index (χ1) is 13.3. The lowest BCUT2D eigenvalue weighted by Crippen LogP contribution is -2.57. The number of hydrogen-bond acceptors (Lipinski definition) is 6. The first kappa shape index (κ1) is 20.9. The number of nitrogens with one attached hydrogen (secondary N) is 1. The summed E-state index contributed by atoms with van der Waals surface area (Å²) in [7, 11) is 0. The number of hydrogen-bond donors (Lipinski definition) is 1. The summed E-state index contributed by atoms with van der Waals surface area (Å²) in [5, 5.41) is 6.10. The average Bonchev–Trinajstić information content (AvgIpc) is 3.11. The van der Waals surface area contributed by atoms with Gasteiger partial charge in [-0.05, 0) is 38.8 Å². The molecule has 4 unspecified atom stereocenters. The van der Waals surface area contributed by atoms with Crippen molar-refractivity contribution in [3.8, 4) is 11.3 Å². The molecule has 6 nitrogen and oxygen atoms in total. The van der Waals surface area contributed by atoms with Crippen LogP contribution >= 0.6 is 11.3 Å². The molecule has 1 aliphatic heterocycles. The van der Waals surface area contributed by atoms with Crippen LogP contribution in [0.5, 0.6) is 0 Å². The summed E-state index contributed by atoms with van der Waals surface area (Å²) in [6, 6.07) is 3.58. The minimum absolute atomic E-state index is 0.0573. The standard InChI is InChI=1S/C21H30N4O2S/c1-13(2)19(25-10-14(3)27-15(4)11-25)20(26)23-16(5)21-24-18(12-28-21)17-7-6-8-22-9-17/h6-9,12-16,19H,10-11H2,1-5H3,(H,23,26). The van der Waals surface area contributed by atoms with Gasteiger partial charge in [-0.25, -0.2) is 4.98 Å². The van der Waals surface area contributed by atoms with Gasteiger partial charge in [-0.3, -0.25) is 14.7 Å². The molecule has 28 heavy (non-hydrogen) atoms. The Morgan fingerprint density at radius 3 is 2.61 bits per heavy atom. The van der Waals surface area contributed by atoms with Gasteiger partial charge < -0.3 is 10.1 Å². The van der Waals surface area contributed by atoms with E-state index in [9.17, 15) is 4.79 Å². The molecule has 0 saturated carbocycles. The lowest BCUT2D eigenvalue weighted by atomic mass is 9.99. The smallest absolute Gasteiger partial charge is 0.238 e. The second-order valence-electron chi connectivity index (χ2n) is 7.94. The van der Waals surface area contributed by atoms with E-state index in [1.807, 2.05) is 24.4 Å². The highest BCUT2D eigenvalue weighted by Crippen LogP contribution is 2.26. The third-order valence-corrected chi connectivity index (χ3v) is 5.98. The summed E-state index contributed by atoms with van der Waals surface area (Å²) in [5.41, 5.74) is 1.88. The van der Waals surface area contributed by atoms with E-state index in [1.54, 1.807) is 23.7 Å². The number of pyridine rings is 1. The Morgan fingerprint density at radius 2 is 2.00 bits per heavy atom. The molecule has 1 aliphatic rings. The van der Waals surface area contributed by atoms with E-state index in [-0.39, 0.29) is 36.1 Å². The normalized spacial score (nSPS) is 22.8. The van der Waals surface area contributed by atoms with Gasteiger partial charge in [-0.1, -0.05) is 13.8 Å². The van der Waals surface area contributed by atoms with E-state index in [2.05, 4.69) is 42.9 Å². The summed E-state index contributed by atoms with van der Waals surface area (Å²) >= 11 is 1.56. The average molecular weight is 403 g/mol. The van der Waals surface area contributed by atoms with Crippen LogP contribution in [-0.4, -0.2) is 52.1 Å². The Morgan fingerprint density at radius 1 is 1.29 bits per heavy atom. The highest BCUT2D eigenvalue weighted by molar-refractivity contribution is 7.10. The van der Waals surface area contributed by atoms with E-state index in [0.717, 1.165) is 29.4 Å². The van der Waals surface area contributed by atoms with Gasteiger partial charge in [-0.2, -0.15) is 0 Å². The van der Waals surface area contributed by atoms with E-state index in [1.165, 1.54) is 0 Å². The Kier molecular flexibility index (Phi) is 6.80. The van der Waals surface area contributed by atoms with Crippen molar-refractivity contribution in [2.75, 3.05) is 13.1 Å². The third kappa shape index (κ3) is 4.96. The Hall–Kier alpha value is -1.83. The van der Waals surface area contributed by atoms with Crippen LogP contribution in [0.4, 0.5) is 0 Å². The SMILES string of the molecule is CC1CN(C(C(=O)NC(C)c2nc(-c3cccnc3)cs2)C(C)C)CC(C)O1. The number of rotatable bonds is 6. The van der Waals surface area contributed by atoms with E-state index < -0.39 is 0 Å². The van der Waals surface area contributed by atoms with Gasteiger partial charge >= 0.3 is 0 Å². The molecule has 2 aromatic heterocycles. The molecular formula is C21H30N4O2S. The molecule has 1 amide bonds. The van der Waals surface area contributed by atoms with Gasteiger partial charge in [0.2, 0.25) is 5.91 Å². The largest absolute Gasteiger partial charge is 0.373 e. The van der Waals surface area contributed by atoms with Gasteiger partial charge in [0.05, 0.1) is 30.0 Å². The van der Waals surface area contributed by atoms with Crippen molar-refractivity contribution in [2.45, 2.75) is 58.9 Å². The molecule has 0 radical (unpaired) electrons. The minimum atomic E-state index is -0.172. The number of thiazole rings is 1. The maximum Gasteiger partial charge on any atom is 0.238 e. The molecule has 2 aromatic rings. The molecule has 4 atom stereocenters. The zero-order valence-corrected chi connectivity index (χ0v) is 18.1. The van der Waals surface area contributed by atoms with Gasteiger partial charge in [0.25, 0.3) is 0 Å². The van der Waals surface area contributed by atoms with Crippen molar-refractivity contribution >= 4 is 17.2 Å². The number of carbonyl (C=O) groups excluding carboxylic acids is 1. The quantitative estimate of drug-likeness (QED) is 0.801. The molecule has 1 N–H and O–H groups in total. The lowest BCUT2D eigenvalue weighted by Gasteiger charge is -2.41. The summed E-state index contributed by atoms with van der Waals surface area (Å²) in [4.78, 5) is 24.2. The fraction of sp³-hybridized carbons (Fsp3) is 0.571. The molecule has 3 heterocycles. The second-order valence-corrected chi connectivity index (χ2v) is 8.83. The molecule has 1 fully saturated rings. The van der Waals surface area contributed by atoms with Crippen LogP contribution in [0.15, 0.2) is 29.9 Å². The summed E-state index contributed by atoms with van der Waals surface area (Å²) in [6.45, 7) is 11.9. The first-order valence-electron chi connectivity index (χ1n) is 9.90. The van der Waals surface area contributed by atoms with E-state index in [0.29, 0.717) is 0 Å². The summed E-state index contributed by atoms with van der Waals surface area (Å²) in [6.07, 6.45) is 3.82. The molecule has 0 aliphatic carbocycles. The number of morpholine rings is 1. The number of aromatic nitrogens is 2. The van der Waals surface area contributed by atoms with Crippen molar-refractivity contribution in [1.82, 2.24) is 20.2 Å². The number of nitrogens with zero attached hydrogens (tertiary/aromatic N) is 3. The molecule has 0 bridgehead atoms.